The lowest BCUT2D eigenvalue weighted by Crippen LogP contribution is -2.68. The van der Waals surface area contributed by atoms with Crippen LogP contribution in [0.25, 0.3) is 0 Å². The Morgan fingerprint density at radius 3 is 1.22 bits per heavy atom. The monoisotopic (exact) mass is 351 g/mol. The van der Waals surface area contributed by atoms with Crippen LogP contribution in [0.2, 0.25) is 0 Å². The van der Waals surface area contributed by atoms with Crippen LogP contribution in [-0.4, -0.2) is 6.15 Å². The fourth-order valence-electron chi connectivity index (χ4n) is 4.25. The molecule has 0 spiro atoms. The Hall–Kier alpha value is -3.13. The van der Waals surface area contributed by atoms with Gasteiger partial charge in [0.25, 0.3) is 0 Å². The lowest BCUT2D eigenvalue weighted by atomic mass is 9.14. The molecule has 0 aliphatic heterocycles. The third-order valence-corrected chi connectivity index (χ3v) is 5.56. The van der Waals surface area contributed by atoms with Crippen LogP contribution in [0.1, 0.15) is 5.56 Å². The summed E-state index contributed by atoms with van der Waals surface area (Å²) in [7, 11) is 0. The molecule has 0 saturated carbocycles. The minimum atomic E-state index is -1.23. The van der Waals surface area contributed by atoms with E-state index in [0.29, 0.717) is 0 Å². The van der Waals surface area contributed by atoms with Gasteiger partial charge in [0.05, 0.1) is 6.15 Å². The molecule has 27 heavy (non-hydrogen) atoms. The minimum absolute atomic E-state index is 0.198. The van der Waals surface area contributed by atoms with E-state index in [0.717, 1.165) is 11.9 Å². The molecular formula is C25H21BF-. The van der Waals surface area contributed by atoms with Crippen LogP contribution >= 0.6 is 0 Å². The molecule has 0 atom stereocenters. The molecule has 0 saturated heterocycles. The first-order valence-corrected chi connectivity index (χ1v) is 9.37. The van der Waals surface area contributed by atoms with Gasteiger partial charge in [-0.25, -0.2) is 4.39 Å². The third-order valence-electron chi connectivity index (χ3n) is 5.56. The molecule has 4 rings (SSSR count). The molecule has 4 aromatic carbocycles. The van der Waals surface area contributed by atoms with E-state index < -0.39 is 6.15 Å². The van der Waals surface area contributed by atoms with E-state index in [1.807, 2.05) is 12.1 Å². The van der Waals surface area contributed by atoms with Crippen LogP contribution in [0.5, 0.6) is 0 Å². The van der Waals surface area contributed by atoms with Crippen LogP contribution in [0, 0.1) is 5.82 Å². The van der Waals surface area contributed by atoms with Crippen molar-refractivity contribution in [3.05, 3.63) is 127 Å². The number of hydrogen-bond acceptors (Lipinski definition) is 0. The van der Waals surface area contributed by atoms with Gasteiger partial charge in [-0.3, -0.25) is 0 Å². The second-order valence-electron chi connectivity index (χ2n) is 7.11. The van der Waals surface area contributed by atoms with Crippen molar-refractivity contribution < 1.29 is 4.39 Å². The molecule has 132 valence electrons. The summed E-state index contributed by atoms with van der Waals surface area (Å²) in [5.74, 6) is -0.198. The number of rotatable bonds is 5. The van der Waals surface area contributed by atoms with E-state index in [-0.39, 0.29) is 5.82 Å². The third kappa shape index (κ3) is 3.43. The summed E-state index contributed by atoms with van der Waals surface area (Å²) < 4.78 is 13.5. The number of halogens is 1. The van der Waals surface area contributed by atoms with Crippen molar-refractivity contribution >= 4 is 22.5 Å². The van der Waals surface area contributed by atoms with Gasteiger partial charge < -0.3 is 0 Å². The summed E-state index contributed by atoms with van der Waals surface area (Å²) in [6.07, 6.45) is -0.409. The Labute approximate surface area is 160 Å². The molecule has 4 aromatic rings. The predicted molar refractivity (Wildman–Crippen MR) is 114 cm³/mol. The lowest BCUT2D eigenvalue weighted by molar-refractivity contribution is 0.627. The summed E-state index contributed by atoms with van der Waals surface area (Å²) in [4.78, 5) is 0. The number of benzene rings is 4. The Bertz CT molecular complexity index is 884. The van der Waals surface area contributed by atoms with Gasteiger partial charge in [-0.15, -0.1) is 6.32 Å². The van der Waals surface area contributed by atoms with Crippen molar-refractivity contribution in [2.45, 2.75) is 6.32 Å². The molecule has 0 bridgehead atoms. The Morgan fingerprint density at radius 2 is 0.852 bits per heavy atom. The fourth-order valence-corrected chi connectivity index (χ4v) is 4.25. The van der Waals surface area contributed by atoms with Crippen LogP contribution in [-0.2, 0) is 6.32 Å². The lowest BCUT2D eigenvalue weighted by Gasteiger charge is -2.43. The SMILES string of the molecule is Fc1ccc(C[B-](c2ccccc2)(c2ccccc2)c2ccccc2)cc1. The first-order valence-electron chi connectivity index (χ1n) is 9.37. The molecule has 2 heteroatoms. The maximum absolute atomic E-state index is 13.5. The maximum atomic E-state index is 13.5. The fraction of sp³-hybridized carbons (Fsp3) is 0.0400. The number of hydrogen-bond donors (Lipinski definition) is 0. The highest BCUT2D eigenvalue weighted by molar-refractivity contribution is 7.11. The second-order valence-corrected chi connectivity index (χ2v) is 7.11. The molecule has 0 aromatic heterocycles. The Kier molecular flexibility index (Phi) is 4.89. The van der Waals surface area contributed by atoms with Crippen molar-refractivity contribution in [2.24, 2.45) is 0 Å². The summed E-state index contributed by atoms with van der Waals surface area (Å²) in [5.41, 5.74) is 5.01. The first kappa shape index (κ1) is 17.3. The maximum Gasteiger partial charge on any atom is 0.123 e. The normalized spacial score (nSPS) is 11.3. The highest BCUT2D eigenvalue weighted by Crippen LogP contribution is 2.15. The molecule has 0 heterocycles. The predicted octanol–water partition coefficient (Wildman–Crippen LogP) is 4.08. The van der Waals surface area contributed by atoms with E-state index in [1.165, 1.54) is 16.4 Å². The zero-order chi connectivity index (χ0) is 18.5. The van der Waals surface area contributed by atoms with Crippen LogP contribution in [0.3, 0.4) is 0 Å². The molecule has 0 radical (unpaired) electrons. The van der Waals surface area contributed by atoms with Crippen LogP contribution in [0.4, 0.5) is 4.39 Å². The van der Waals surface area contributed by atoms with E-state index in [4.69, 9.17) is 0 Å². The van der Waals surface area contributed by atoms with E-state index >= 15 is 0 Å². The van der Waals surface area contributed by atoms with Crippen LogP contribution in [0.15, 0.2) is 115 Å². The molecule has 0 aliphatic rings. The molecule has 0 amide bonds. The van der Waals surface area contributed by atoms with Crippen molar-refractivity contribution in [1.29, 1.82) is 0 Å². The van der Waals surface area contributed by atoms with Crippen molar-refractivity contribution in [2.75, 3.05) is 0 Å². The highest BCUT2D eigenvalue weighted by atomic mass is 19.1. The first-order chi connectivity index (χ1) is 13.3. The van der Waals surface area contributed by atoms with E-state index in [1.54, 1.807) is 12.1 Å². The van der Waals surface area contributed by atoms with Gasteiger partial charge >= 0.3 is 0 Å². The van der Waals surface area contributed by atoms with Gasteiger partial charge in [-0.05, 0) is 12.1 Å². The summed E-state index contributed by atoms with van der Waals surface area (Å²) >= 11 is 0. The van der Waals surface area contributed by atoms with E-state index in [2.05, 4.69) is 91.0 Å². The molecule has 0 fully saturated rings. The Morgan fingerprint density at radius 1 is 0.481 bits per heavy atom. The van der Waals surface area contributed by atoms with Gasteiger partial charge in [0.1, 0.15) is 5.82 Å². The van der Waals surface area contributed by atoms with Gasteiger partial charge in [0, 0.05) is 0 Å². The standard InChI is InChI=1S/C25H21BF/c27-25-18-16-21(17-19-25)20-26(22-10-4-1-5-11-22,23-12-6-2-7-13-23)24-14-8-3-9-15-24/h1-19H,20H2/q-1. The summed E-state index contributed by atoms with van der Waals surface area (Å²) in [5, 5.41) is 0. The van der Waals surface area contributed by atoms with Crippen molar-refractivity contribution in [1.82, 2.24) is 0 Å². The van der Waals surface area contributed by atoms with Gasteiger partial charge in [0.15, 0.2) is 0 Å². The highest BCUT2D eigenvalue weighted by Gasteiger charge is 2.29. The van der Waals surface area contributed by atoms with Crippen molar-refractivity contribution in [3.8, 4) is 0 Å². The average molecular weight is 351 g/mol. The zero-order valence-corrected chi connectivity index (χ0v) is 15.1. The molecular weight excluding hydrogens is 330 g/mol. The van der Waals surface area contributed by atoms with E-state index in [9.17, 15) is 4.39 Å². The zero-order valence-electron chi connectivity index (χ0n) is 15.1. The van der Waals surface area contributed by atoms with Gasteiger partial charge in [-0.2, -0.15) is 16.4 Å². The smallest absolute Gasteiger partial charge is 0.123 e. The molecule has 0 unspecified atom stereocenters. The Balaban J connectivity index is 1.98. The minimum Gasteiger partial charge on any atom is -0.207 e. The summed E-state index contributed by atoms with van der Waals surface area (Å²) in [6, 6.07) is 38.9. The van der Waals surface area contributed by atoms with Crippen LogP contribution < -0.4 is 16.4 Å². The largest absolute Gasteiger partial charge is 0.207 e. The molecule has 0 aliphatic carbocycles. The van der Waals surface area contributed by atoms with Gasteiger partial charge in [-0.1, -0.05) is 109 Å². The van der Waals surface area contributed by atoms with Gasteiger partial charge in [0.2, 0.25) is 0 Å². The molecule has 0 nitrogen and oxygen atoms in total. The topological polar surface area (TPSA) is 0 Å². The summed E-state index contributed by atoms with van der Waals surface area (Å²) in [6.45, 7) is 0. The van der Waals surface area contributed by atoms with Crippen molar-refractivity contribution in [3.63, 3.8) is 0 Å². The average Bonchev–Trinajstić information content (AvgIpc) is 2.75. The molecule has 0 N–H and O–H groups in total. The second kappa shape index (κ2) is 7.63. The quantitative estimate of drug-likeness (QED) is 0.476.